The van der Waals surface area contributed by atoms with Gasteiger partial charge in [0.2, 0.25) is 0 Å². The van der Waals surface area contributed by atoms with Crippen LogP contribution in [0.25, 0.3) is 0 Å². The van der Waals surface area contributed by atoms with E-state index in [4.69, 9.17) is 5.26 Å². The third kappa shape index (κ3) is 2.66. The maximum absolute atomic E-state index is 10.7. The molecule has 19 heavy (non-hydrogen) atoms. The summed E-state index contributed by atoms with van der Waals surface area (Å²) in [6.07, 6.45) is 2.08. The molecule has 0 bridgehead atoms. The highest BCUT2D eigenvalue weighted by Crippen LogP contribution is 2.41. The Kier molecular flexibility index (Phi) is 3.40. The Labute approximate surface area is 110 Å². The lowest BCUT2D eigenvalue weighted by Gasteiger charge is -2.30. The number of hydrogen-bond acceptors (Lipinski definition) is 5. The van der Waals surface area contributed by atoms with Gasteiger partial charge in [-0.1, -0.05) is 0 Å². The summed E-state index contributed by atoms with van der Waals surface area (Å²) in [5.74, 6) is 0.374. The summed E-state index contributed by atoms with van der Waals surface area (Å²) in [6.45, 7) is 1.85. The van der Waals surface area contributed by atoms with E-state index in [1.165, 1.54) is 18.2 Å². The number of aliphatic hydroxyl groups excluding tert-OH is 1. The first-order valence-electron chi connectivity index (χ1n) is 6.08. The van der Waals surface area contributed by atoms with Gasteiger partial charge in [0.05, 0.1) is 28.3 Å². The fourth-order valence-corrected chi connectivity index (χ4v) is 2.15. The van der Waals surface area contributed by atoms with Crippen molar-refractivity contribution in [1.29, 1.82) is 5.26 Å². The number of hydrogen-bond donors (Lipinski definition) is 2. The van der Waals surface area contributed by atoms with E-state index in [-0.39, 0.29) is 17.9 Å². The zero-order valence-corrected chi connectivity index (χ0v) is 10.6. The van der Waals surface area contributed by atoms with Gasteiger partial charge in [0.15, 0.2) is 0 Å². The molecule has 1 atom stereocenters. The van der Waals surface area contributed by atoms with Gasteiger partial charge in [0.1, 0.15) is 6.07 Å². The topological polar surface area (TPSA) is 99.2 Å². The number of aliphatic hydroxyl groups is 1. The molecule has 0 spiro atoms. The Balaban J connectivity index is 2.30. The molecule has 0 aromatic heterocycles. The molecule has 1 aromatic rings. The quantitative estimate of drug-likeness (QED) is 0.624. The molecular weight excluding hydrogens is 246 g/mol. The van der Waals surface area contributed by atoms with Crippen LogP contribution in [0.4, 0.5) is 11.4 Å². The fraction of sp³-hybridized carbons (Fsp3) is 0.462. The lowest BCUT2D eigenvalue weighted by atomic mass is 9.96. The SMILES string of the molecule is CC(CO)(Nc1ccc([N+](=O)[O-])cc1C#N)C1CC1. The Morgan fingerprint density at radius 1 is 1.63 bits per heavy atom. The van der Waals surface area contributed by atoms with Crippen molar-refractivity contribution >= 4 is 11.4 Å². The molecule has 100 valence electrons. The van der Waals surface area contributed by atoms with Gasteiger partial charge < -0.3 is 10.4 Å². The molecule has 1 unspecified atom stereocenters. The molecular formula is C13H15N3O3. The van der Waals surface area contributed by atoms with Crippen molar-refractivity contribution < 1.29 is 10.0 Å². The van der Waals surface area contributed by atoms with E-state index >= 15 is 0 Å². The number of rotatable bonds is 5. The monoisotopic (exact) mass is 261 g/mol. The molecule has 1 aliphatic carbocycles. The minimum Gasteiger partial charge on any atom is -0.394 e. The van der Waals surface area contributed by atoms with Crippen LogP contribution in [0.2, 0.25) is 0 Å². The highest BCUT2D eigenvalue weighted by atomic mass is 16.6. The zero-order valence-electron chi connectivity index (χ0n) is 10.6. The number of anilines is 1. The summed E-state index contributed by atoms with van der Waals surface area (Å²) in [6, 6.07) is 6.07. The predicted molar refractivity (Wildman–Crippen MR) is 69.6 cm³/mol. The summed E-state index contributed by atoms with van der Waals surface area (Å²) in [4.78, 5) is 10.1. The van der Waals surface area contributed by atoms with Crippen LogP contribution in [0.5, 0.6) is 0 Å². The molecule has 0 heterocycles. The predicted octanol–water partition coefficient (Wildman–Crippen LogP) is 2.04. The second kappa shape index (κ2) is 4.86. The average Bonchev–Trinajstić information content (AvgIpc) is 3.23. The van der Waals surface area contributed by atoms with Crippen molar-refractivity contribution in [2.45, 2.75) is 25.3 Å². The lowest BCUT2D eigenvalue weighted by Crippen LogP contribution is -2.41. The van der Waals surface area contributed by atoms with E-state index in [9.17, 15) is 15.2 Å². The van der Waals surface area contributed by atoms with Crippen LogP contribution in [0.15, 0.2) is 18.2 Å². The van der Waals surface area contributed by atoms with Crippen LogP contribution in [0.1, 0.15) is 25.3 Å². The van der Waals surface area contributed by atoms with Gasteiger partial charge in [-0.2, -0.15) is 5.26 Å². The molecule has 1 saturated carbocycles. The third-order valence-corrected chi connectivity index (χ3v) is 3.56. The normalized spacial score (nSPS) is 17.3. The van der Waals surface area contributed by atoms with Gasteiger partial charge in [-0.15, -0.1) is 0 Å². The number of nitro groups is 1. The smallest absolute Gasteiger partial charge is 0.270 e. The second-order valence-electron chi connectivity index (χ2n) is 5.07. The molecule has 6 heteroatoms. The van der Waals surface area contributed by atoms with Gasteiger partial charge in [-0.3, -0.25) is 10.1 Å². The summed E-state index contributed by atoms with van der Waals surface area (Å²) in [5, 5.41) is 32.4. The highest BCUT2D eigenvalue weighted by Gasteiger charge is 2.41. The van der Waals surface area contributed by atoms with Crippen molar-refractivity contribution in [3.63, 3.8) is 0 Å². The third-order valence-electron chi connectivity index (χ3n) is 3.56. The van der Waals surface area contributed by atoms with Crippen molar-refractivity contribution in [2.24, 2.45) is 5.92 Å². The summed E-state index contributed by atoms with van der Waals surface area (Å²) < 4.78 is 0. The number of nitriles is 1. The Hall–Kier alpha value is -2.13. The first-order chi connectivity index (χ1) is 9.00. The zero-order chi connectivity index (χ0) is 14.0. The molecule has 1 aliphatic rings. The average molecular weight is 261 g/mol. The van der Waals surface area contributed by atoms with Crippen LogP contribution in [0, 0.1) is 27.4 Å². The van der Waals surface area contributed by atoms with Crippen LogP contribution >= 0.6 is 0 Å². The van der Waals surface area contributed by atoms with Crippen LogP contribution in [0.3, 0.4) is 0 Å². The Morgan fingerprint density at radius 2 is 2.32 bits per heavy atom. The van der Waals surface area contributed by atoms with E-state index in [2.05, 4.69) is 5.32 Å². The summed E-state index contributed by atoms with van der Waals surface area (Å²) in [7, 11) is 0. The van der Waals surface area contributed by atoms with E-state index in [0.29, 0.717) is 11.6 Å². The summed E-state index contributed by atoms with van der Waals surface area (Å²) >= 11 is 0. The maximum Gasteiger partial charge on any atom is 0.270 e. The lowest BCUT2D eigenvalue weighted by molar-refractivity contribution is -0.384. The van der Waals surface area contributed by atoms with E-state index in [1.807, 2.05) is 13.0 Å². The molecule has 0 radical (unpaired) electrons. The highest BCUT2D eigenvalue weighted by molar-refractivity contribution is 5.62. The second-order valence-corrected chi connectivity index (χ2v) is 5.07. The molecule has 2 N–H and O–H groups in total. The van der Waals surface area contributed by atoms with Crippen molar-refractivity contribution in [3.8, 4) is 6.07 Å². The minimum absolute atomic E-state index is 0.0421. The first kappa shape index (κ1) is 13.3. The Bertz CT molecular complexity index is 549. The number of nitro benzene ring substituents is 1. The van der Waals surface area contributed by atoms with E-state index in [1.54, 1.807) is 0 Å². The van der Waals surface area contributed by atoms with Gasteiger partial charge in [0.25, 0.3) is 5.69 Å². The molecule has 0 saturated heterocycles. The van der Waals surface area contributed by atoms with Crippen LogP contribution in [-0.2, 0) is 0 Å². The van der Waals surface area contributed by atoms with Crippen molar-refractivity contribution in [2.75, 3.05) is 11.9 Å². The fourth-order valence-electron chi connectivity index (χ4n) is 2.15. The van der Waals surface area contributed by atoms with Crippen LogP contribution < -0.4 is 5.32 Å². The number of nitrogens with one attached hydrogen (secondary N) is 1. The van der Waals surface area contributed by atoms with Gasteiger partial charge in [0, 0.05) is 12.1 Å². The number of nitrogens with zero attached hydrogens (tertiary/aromatic N) is 2. The number of non-ortho nitro benzene ring substituents is 1. The molecule has 1 fully saturated rings. The molecule has 6 nitrogen and oxygen atoms in total. The largest absolute Gasteiger partial charge is 0.394 e. The number of benzene rings is 1. The molecule has 1 aromatic carbocycles. The van der Waals surface area contributed by atoms with Gasteiger partial charge in [-0.05, 0) is 31.7 Å². The van der Waals surface area contributed by atoms with Crippen LogP contribution in [-0.4, -0.2) is 22.2 Å². The van der Waals surface area contributed by atoms with E-state index < -0.39 is 10.5 Å². The van der Waals surface area contributed by atoms with Crippen molar-refractivity contribution in [1.82, 2.24) is 0 Å². The Morgan fingerprint density at radius 3 is 2.79 bits per heavy atom. The molecule has 2 rings (SSSR count). The summed E-state index contributed by atoms with van der Waals surface area (Å²) in [5.41, 5.74) is 0.146. The molecule has 0 amide bonds. The van der Waals surface area contributed by atoms with Gasteiger partial charge >= 0.3 is 0 Å². The molecule has 0 aliphatic heterocycles. The first-order valence-corrected chi connectivity index (χ1v) is 6.08. The minimum atomic E-state index is -0.531. The van der Waals surface area contributed by atoms with Gasteiger partial charge in [-0.25, -0.2) is 0 Å². The van der Waals surface area contributed by atoms with E-state index in [0.717, 1.165) is 12.8 Å². The maximum atomic E-state index is 10.7. The van der Waals surface area contributed by atoms with Crippen molar-refractivity contribution in [3.05, 3.63) is 33.9 Å². The standard InChI is InChI=1S/C13H15N3O3/c1-13(8-17,10-2-3-10)15-12-5-4-11(16(18)19)6-9(12)7-14/h4-6,10,15,17H,2-3,8H2,1H3.